The van der Waals surface area contributed by atoms with Crippen LogP contribution in [-0.4, -0.2) is 21.4 Å². The van der Waals surface area contributed by atoms with Gasteiger partial charge in [0.15, 0.2) is 5.75 Å². The van der Waals surface area contributed by atoms with Gasteiger partial charge >= 0.3 is 10.1 Å². The maximum atomic E-state index is 13.0. The molecule has 3 aromatic carbocycles. The molecule has 1 amide bonds. The van der Waals surface area contributed by atoms with Crippen molar-refractivity contribution in [2.45, 2.75) is 4.90 Å². The first-order valence-electron chi connectivity index (χ1n) is 8.13. The summed E-state index contributed by atoms with van der Waals surface area (Å²) in [5.41, 5.74) is 0.378. The van der Waals surface area contributed by atoms with E-state index in [2.05, 4.69) is 5.32 Å². The van der Waals surface area contributed by atoms with E-state index in [9.17, 15) is 17.6 Å². The first-order valence-corrected chi connectivity index (χ1v) is 9.54. The quantitative estimate of drug-likeness (QED) is 0.635. The zero-order valence-corrected chi connectivity index (χ0v) is 15.6. The summed E-state index contributed by atoms with van der Waals surface area (Å²) in [7, 11) is -2.65. The summed E-state index contributed by atoms with van der Waals surface area (Å²) in [4.78, 5) is 12.3. The van der Waals surface area contributed by atoms with Gasteiger partial charge in [0.05, 0.1) is 12.8 Å². The molecule has 1 N–H and O–H groups in total. The molecule has 0 aromatic heterocycles. The molecule has 0 aliphatic carbocycles. The number of amides is 1. The van der Waals surface area contributed by atoms with Gasteiger partial charge in [0, 0.05) is 5.56 Å². The Hall–Kier alpha value is -3.39. The SMILES string of the molecule is COc1ccc(S(=O)(=O)Oc2ccccc2NC(=O)c2ccc(F)cc2)cc1. The summed E-state index contributed by atoms with van der Waals surface area (Å²) in [6, 6.07) is 16.8. The highest BCUT2D eigenvalue weighted by Crippen LogP contribution is 2.28. The van der Waals surface area contributed by atoms with Crippen LogP contribution in [0.15, 0.2) is 77.7 Å². The molecule has 0 aliphatic heterocycles. The van der Waals surface area contributed by atoms with Crippen molar-refractivity contribution in [2.75, 3.05) is 12.4 Å². The van der Waals surface area contributed by atoms with Crippen molar-refractivity contribution in [2.24, 2.45) is 0 Å². The molecule has 144 valence electrons. The number of carbonyl (C=O) groups excluding carboxylic acids is 1. The van der Waals surface area contributed by atoms with Crippen molar-refractivity contribution in [1.82, 2.24) is 0 Å². The summed E-state index contributed by atoms with van der Waals surface area (Å²) in [5, 5.41) is 2.57. The first kappa shape index (κ1) is 19.4. The van der Waals surface area contributed by atoms with E-state index in [-0.39, 0.29) is 21.9 Å². The summed E-state index contributed by atoms with van der Waals surface area (Å²) < 4.78 is 48.3. The van der Waals surface area contributed by atoms with Crippen LogP contribution in [0.5, 0.6) is 11.5 Å². The summed E-state index contributed by atoms with van der Waals surface area (Å²) in [6.45, 7) is 0. The van der Waals surface area contributed by atoms with Crippen LogP contribution in [0.4, 0.5) is 10.1 Å². The van der Waals surface area contributed by atoms with E-state index < -0.39 is 21.8 Å². The van der Waals surface area contributed by atoms with E-state index in [0.29, 0.717) is 5.75 Å². The Kier molecular flexibility index (Phi) is 5.60. The van der Waals surface area contributed by atoms with Gasteiger partial charge in [-0.3, -0.25) is 4.79 Å². The Bertz CT molecular complexity index is 1080. The number of carbonyl (C=O) groups is 1. The van der Waals surface area contributed by atoms with E-state index in [4.69, 9.17) is 8.92 Å². The molecule has 0 radical (unpaired) electrons. The molecule has 0 saturated carbocycles. The van der Waals surface area contributed by atoms with Crippen molar-refractivity contribution in [1.29, 1.82) is 0 Å². The van der Waals surface area contributed by atoms with Gasteiger partial charge in [-0.15, -0.1) is 0 Å². The smallest absolute Gasteiger partial charge is 0.339 e. The van der Waals surface area contributed by atoms with Crippen LogP contribution in [0.25, 0.3) is 0 Å². The molecule has 28 heavy (non-hydrogen) atoms. The Morgan fingerprint density at radius 3 is 2.21 bits per heavy atom. The number of nitrogens with one attached hydrogen (secondary N) is 1. The van der Waals surface area contributed by atoms with E-state index in [1.54, 1.807) is 12.1 Å². The number of hydrogen-bond donors (Lipinski definition) is 1. The minimum atomic E-state index is -4.12. The summed E-state index contributed by atoms with van der Waals surface area (Å²) in [5.74, 6) is -0.538. The number of ether oxygens (including phenoxy) is 1. The van der Waals surface area contributed by atoms with Crippen LogP contribution in [-0.2, 0) is 10.1 Å². The van der Waals surface area contributed by atoms with Crippen LogP contribution in [0.2, 0.25) is 0 Å². The van der Waals surface area contributed by atoms with Gasteiger partial charge in [0.2, 0.25) is 0 Å². The normalized spacial score (nSPS) is 10.9. The Morgan fingerprint density at radius 2 is 1.57 bits per heavy atom. The minimum absolute atomic E-state index is 0.0474. The fourth-order valence-electron chi connectivity index (χ4n) is 2.35. The van der Waals surface area contributed by atoms with Gasteiger partial charge in [0.1, 0.15) is 16.5 Å². The number of halogens is 1. The van der Waals surface area contributed by atoms with Gasteiger partial charge in [0.25, 0.3) is 5.91 Å². The van der Waals surface area contributed by atoms with Crippen molar-refractivity contribution in [3.8, 4) is 11.5 Å². The number of rotatable bonds is 6. The lowest BCUT2D eigenvalue weighted by atomic mass is 10.2. The van der Waals surface area contributed by atoms with Crippen molar-refractivity contribution < 1.29 is 26.5 Å². The van der Waals surface area contributed by atoms with Gasteiger partial charge in [-0.25, -0.2) is 4.39 Å². The van der Waals surface area contributed by atoms with Crippen molar-refractivity contribution >= 4 is 21.7 Å². The highest BCUT2D eigenvalue weighted by atomic mass is 32.2. The molecular formula is C20H16FNO5S. The highest BCUT2D eigenvalue weighted by Gasteiger charge is 2.19. The molecule has 6 nitrogen and oxygen atoms in total. The minimum Gasteiger partial charge on any atom is -0.497 e. The zero-order valence-electron chi connectivity index (χ0n) is 14.8. The van der Waals surface area contributed by atoms with Gasteiger partial charge in [-0.2, -0.15) is 8.42 Å². The van der Waals surface area contributed by atoms with Gasteiger partial charge < -0.3 is 14.2 Å². The van der Waals surface area contributed by atoms with Crippen molar-refractivity contribution in [3.05, 3.63) is 84.2 Å². The third-order valence-electron chi connectivity index (χ3n) is 3.79. The second-order valence-electron chi connectivity index (χ2n) is 5.67. The molecule has 0 spiro atoms. The topological polar surface area (TPSA) is 81.7 Å². The Morgan fingerprint density at radius 1 is 0.929 bits per heavy atom. The molecule has 0 saturated heterocycles. The fourth-order valence-corrected chi connectivity index (χ4v) is 3.29. The Labute approximate surface area is 161 Å². The molecular weight excluding hydrogens is 385 g/mol. The summed E-state index contributed by atoms with van der Waals surface area (Å²) in [6.07, 6.45) is 0. The molecule has 0 bridgehead atoms. The molecule has 0 fully saturated rings. The third kappa shape index (κ3) is 4.47. The maximum Gasteiger partial charge on any atom is 0.339 e. The lowest BCUT2D eigenvalue weighted by Gasteiger charge is -2.12. The zero-order chi connectivity index (χ0) is 20.1. The number of hydrogen-bond acceptors (Lipinski definition) is 5. The largest absolute Gasteiger partial charge is 0.497 e. The van der Waals surface area contributed by atoms with E-state index in [1.165, 1.54) is 55.6 Å². The maximum absolute atomic E-state index is 13.0. The summed E-state index contributed by atoms with van der Waals surface area (Å²) >= 11 is 0. The monoisotopic (exact) mass is 401 g/mol. The van der Waals surface area contributed by atoms with Crippen LogP contribution in [0.1, 0.15) is 10.4 Å². The molecule has 0 atom stereocenters. The molecule has 3 rings (SSSR count). The number of methoxy groups -OCH3 is 1. The van der Waals surface area contributed by atoms with E-state index in [0.717, 1.165) is 12.1 Å². The number of benzene rings is 3. The van der Waals surface area contributed by atoms with E-state index in [1.807, 2.05) is 0 Å². The van der Waals surface area contributed by atoms with E-state index >= 15 is 0 Å². The van der Waals surface area contributed by atoms with Crippen LogP contribution in [0, 0.1) is 5.82 Å². The molecule has 8 heteroatoms. The molecule has 0 unspecified atom stereocenters. The highest BCUT2D eigenvalue weighted by molar-refractivity contribution is 7.87. The van der Waals surface area contributed by atoms with Crippen LogP contribution in [0.3, 0.4) is 0 Å². The van der Waals surface area contributed by atoms with Gasteiger partial charge in [-0.1, -0.05) is 12.1 Å². The molecule has 0 aliphatic rings. The second-order valence-corrected chi connectivity index (χ2v) is 7.22. The average molecular weight is 401 g/mol. The lowest BCUT2D eigenvalue weighted by Crippen LogP contribution is -2.15. The second kappa shape index (κ2) is 8.10. The first-order chi connectivity index (χ1) is 13.4. The van der Waals surface area contributed by atoms with Crippen LogP contribution >= 0.6 is 0 Å². The lowest BCUT2D eigenvalue weighted by molar-refractivity contribution is 0.102. The number of para-hydroxylation sites is 2. The molecule has 0 heterocycles. The molecule has 3 aromatic rings. The third-order valence-corrected chi connectivity index (χ3v) is 5.04. The van der Waals surface area contributed by atoms with Crippen LogP contribution < -0.4 is 14.2 Å². The fraction of sp³-hybridized carbons (Fsp3) is 0.0500. The van der Waals surface area contributed by atoms with Gasteiger partial charge in [-0.05, 0) is 60.7 Å². The Balaban J connectivity index is 1.83. The van der Waals surface area contributed by atoms with Crippen molar-refractivity contribution in [3.63, 3.8) is 0 Å². The average Bonchev–Trinajstić information content (AvgIpc) is 2.70. The standard InChI is InChI=1S/C20H16FNO5S/c1-26-16-10-12-17(13-11-16)28(24,25)27-19-5-3-2-4-18(19)22-20(23)14-6-8-15(21)9-7-14/h2-13H,1H3,(H,22,23). The number of anilines is 1. The predicted octanol–water partition coefficient (Wildman–Crippen LogP) is 3.85. The predicted molar refractivity (Wildman–Crippen MR) is 102 cm³/mol.